The molecule has 1 fully saturated rings. The third kappa shape index (κ3) is 7.29. The number of unbranched alkanes of at least 4 members (excludes halogenated alkanes) is 2. The van der Waals surface area contributed by atoms with Crippen LogP contribution >= 0.6 is 0 Å². The van der Waals surface area contributed by atoms with E-state index in [9.17, 15) is 14.4 Å². The van der Waals surface area contributed by atoms with Gasteiger partial charge in [-0.25, -0.2) is 9.80 Å². The first-order valence-electron chi connectivity index (χ1n) is 8.98. The van der Waals surface area contributed by atoms with Gasteiger partial charge in [0.1, 0.15) is 11.3 Å². The Hall–Kier alpha value is -1.83. The lowest BCUT2D eigenvalue weighted by molar-refractivity contribution is -0.141. The Bertz CT molecular complexity index is 456. The molecule has 1 saturated carbocycles. The van der Waals surface area contributed by atoms with Crippen LogP contribution in [0, 0.1) is 0 Å². The molecule has 0 bridgehead atoms. The summed E-state index contributed by atoms with van der Waals surface area (Å²) in [6.07, 6.45) is 5.56. The second-order valence-electron chi connectivity index (χ2n) is 7.48. The molecule has 4 N–H and O–H groups in total. The van der Waals surface area contributed by atoms with Crippen LogP contribution in [0.2, 0.25) is 0 Å². The van der Waals surface area contributed by atoms with E-state index in [4.69, 9.17) is 10.5 Å². The summed E-state index contributed by atoms with van der Waals surface area (Å²) in [5, 5.41) is 3.97. The van der Waals surface area contributed by atoms with Gasteiger partial charge in [-0.05, 0) is 65.8 Å². The fourth-order valence-electron chi connectivity index (χ4n) is 2.91. The molecule has 25 heavy (non-hydrogen) atoms. The number of hydrogen-bond acceptors (Lipinski definition) is 5. The molecule has 0 spiro atoms. The van der Waals surface area contributed by atoms with Gasteiger partial charge in [-0.3, -0.25) is 20.3 Å². The van der Waals surface area contributed by atoms with Gasteiger partial charge in [0.15, 0.2) is 0 Å². The average Bonchev–Trinajstić information content (AvgIpc) is 2.96. The second-order valence-corrected chi connectivity index (χ2v) is 7.48. The van der Waals surface area contributed by atoms with E-state index < -0.39 is 17.4 Å². The van der Waals surface area contributed by atoms with E-state index >= 15 is 0 Å². The van der Waals surface area contributed by atoms with Gasteiger partial charge in [-0.2, -0.15) is 0 Å². The summed E-state index contributed by atoms with van der Waals surface area (Å²) >= 11 is 0. The van der Waals surface area contributed by atoms with Crippen LogP contribution in [-0.4, -0.2) is 41.2 Å². The van der Waals surface area contributed by atoms with Crippen LogP contribution in [-0.2, 0) is 14.3 Å². The summed E-state index contributed by atoms with van der Waals surface area (Å²) in [4.78, 5) is 35.8. The smallest absolute Gasteiger partial charge is 0.409 e. The third-order valence-corrected chi connectivity index (χ3v) is 4.08. The molecule has 0 aromatic heterocycles. The zero-order chi connectivity index (χ0) is 18.9. The summed E-state index contributed by atoms with van der Waals surface area (Å²) in [5.41, 5.74) is 6.48. The molecule has 0 aliphatic heterocycles. The lowest BCUT2D eigenvalue weighted by Crippen LogP contribution is -2.64. The minimum Gasteiger partial charge on any atom is -0.444 e. The van der Waals surface area contributed by atoms with Crippen LogP contribution in [0.25, 0.3) is 0 Å². The molecule has 0 aromatic carbocycles. The standard InChI is InChI=1S/C17H32N4O4/c1-16(2,3)25-15(24)19-17(10-6-7-11-17)21(13-22)20-14(23)9-5-4-8-12-18/h13H,4-12,18H2,1-3H3,(H,19,24)(H,20,23). The molecule has 0 aromatic rings. The van der Waals surface area contributed by atoms with Crippen LogP contribution in [0.3, 0.4) is 0 Å². The zero-order valence-corrected chi connectivity index (χ0v) is 15.6. The molecule has 8 heteroatoms. The highest BCUT2D eigenvalue weighted by molar-refractivity contribution is 5.77. The molecule has 1 aliphatic rings. The van der Waals surface area contributed by atoms with E-state index in [1.165, 1.54) is 5.01 Å². The summed E-state index contributed by atoms with van der Waals surface area (Å²) in [6.45, 7) is 5.92. The Balaban J connectivity index is 2.68. The minimum absolute atomic E-state index is 0.249. The molecule has 1 aliphatic carbocycles. The summed E-state index contributed by atoms with van der Waals surface area (Å²) in [7, 11) is 0. The molecule has 0 atom stereocenters. The van der Waals surface area contributed by atoms with Crippen molar-refractivity contribution in [1.29, 1.82) is 0 Å². The van der Waals surface area contributed by atoms with Crippen molar-refractivity contribution in [3.05, 3.63) is 0 Å². The van der Waals surface area contributed by atoms with Crippen molar-refractivity contribution in [2.24, 2.45) is 5.73 Å². The number of alkyl carbamates (subject to hydrolysis) is 1. The Morgan fingerprint density at radius 3 is 2.36 bits per heavy atom. The largest absolute Gasteiger partial charge is 0.444 e. The van der Waals surface area contributed by atoms with Gasteiger partial charge in [0.05, 0.1) is 0 Å². The van der Waals surface area contributed by atoms with Crippen LogP contribution in [0.5, 0.6) is 0 Å². The zero-order valence-electron chi connectivity index (χ0n) is 15.6. The van der Waals surface area contributed by atoms with E-state index in [0.717, 1.165) is 25.7 Å². The third-order valence-electron chi connectivity index (χ3n) is 4.08. The molecule has 144 valence electrons. The highest BCUT2D eigenvalue weighted by Gasteiger charge is 2.42. The predicted molar refractivity (Wildman–Crippen MR) is 94.1 cm³/mol. The number of nitrogens with two attached hydrogens (primary N) is 1. The first kappa shape index (κ1) is 21.2. The average molecular weight is 356 g/mol. The number of nitrogens with zero attached hydrogens (tertiary/aromatic N) is 1. The number of hydrazine groups is 1. The fraction of sp³-hybridized carbons (Fsp3) is 0.824. The van der Waals surface area contributed by atoms with E-state index in [1.54, 1.807) is 20.8 Å². The van der Waals surface area contributed by atoms with Gasteiger partial charge >= 0.3 is 6.09 Å². The fourth-order valence-corrected chi connectivity index (χ4v) is 2.91. The van der Waals surface area contributed by atoms with Gasteiger partial charge in [-0.1, -0.05) is 6.42 Å². The van der Waals surface area contributed by atoms with Crippen molar-refractivity contribution in [2.75, 3.05) is 6.54 Å². The molecule has 0 radical (unpaired) electrons. The van der Waals surface area contributed by atoms with Gasteiger partial charge in [0.2, 0.25) is 12.3 Å². The maximum Gasteiger partial charge on any atom is 0.409 e. The molecular weight excluding hydrogens is 324 g/mol. The number of ether oxygens (including phenoxy) is 1. The quantitative estimate of drug-likeness (QED) is 0.252. The van der Waals surface area contributed by atoms with E-state index in [-0.39, 0.29) is 5.91 Å². The van der Waals surface area contributed by atoms with E-state index in [0.29, 0.717) is 38.6 Å². The monoisotopic (exact) mass is 356 g/mol. The molecule has 0 saturated heterocycles. The molecule has 1 rings (SSSR count). The Morgan fingerprint density at radius 2 is 1.84 bits per heavy atom. The lowest BCUT2D eigenvalue weighted by atomic mass is 10.1. The molecular formula is C17H32N4O4. The molecule has 3 amide bonds. The summed E-state index contributed by atoms with van der Waals surface area (Å²) < 4.78 is 5.30. The maximum absolute atomic E-state index is 12.2. The molecule has 0 unspecified atom stereocenters. The number of amides is 3. The van der Waals surface area contributed by atoms with E-state index in [2.05, 4.69) is 10.7 Å². The van der Waals surface area contributed by atoms with Crippen molar-refractivity contribution in [3.63, 3.8) is 0 Å². The Labute approximate surface area is 149 Å². The van der Waals surface area contributed by atoms with Crippen molar-refractivity contribution in [2.45, 2.75) is 83.4 Å². The number of rotatable bonds is 9. The highest BCUT2D eigenvalue weighted by Crippen LogP contribution is 2.31. The number of nitrogens with one attached hydrogen (secondary N) is 2. The van der Waals surface area contributed by atoms with Crippen molar-refractivity contribution < 1.29 is 19.1 Å². The second kappa shape index (κ2) is 9.60. The highest BCUT2D eigenvalue weighted by atomic mass is 16.6. The Morgan fingerprint density at radius 1 is 1.20 bits per heavy atom. The number of carbonyl (C=O) groups is 3. The van der Waals surface area contributed by atoms with Gasteiger partial charge < -0.3 is 10.5 Å². The normalized spacial score (nSPS) is 16.2. The maximum atomic E-state index is 12.2. The summed E-state index contributed by atoms with van der Waals surface area (Å²) in [6, 6.07) is 0. The first-order chi connectivity index (χ1) is 11.7. The topological polar surface area (TPSA) is 114 Å². The van der Waals surface area contributed by atoms with Crippen LogP contribution in [0.4, 0.5) is 4.79 Å². The SMILES string of the molecule is CC(C)(C)OC(=O)NC1(N(C=O)NC(=O)CCCCCN)CCCC1. The van der Waals surface area contributed by atoms with Crippen molar-refractivity contribution in [3.8, 4) is 0 Å². The van der Waals surface area contributed by atoms with Gasteiger partial charge in [0, 0.05) is 6.42 Å². The van der Waals surface area contributed by atoms with Crippen molar-refractivity contribution in [1.82, 2.24) is 15.8 Å². The predicted octanol–water partition coefficient (Wildman–Crippen LogP) is 1.79. The molecule has 8 nitrogen and oxygen atoms in total. The van der Waals surface area contributed by atoms with Crippen LogP contribution in [0.1, 0.15) is 72.1 Å². The first-order valence-corrected chi connectivity index (χ1v) is 8.98. The minimum atomic E-state index is -0.934. The van der Waals surface area contributed by atoms with Crippen LogP contribution < -0.4 is 16.5 Å². The van der Waals surface area contributed by atoms with Gasteiger partial charge in [0.25, 0.3) is 0 Å². The lowest BCUT2D eigenvalue weighted by Gasteiger charge is -2.39. The van der Waals surface area contributed by atoms with E-state index in [1.807, 2.05) is 0 Å². The Kier molecular flexibility index (Phi) is 8.15. The summed E-state index contributed by atoms with van der Waals surface area (Å²) in [5.74, 6) is -0.249. The van der Waals surface area contributed by atoms with Crippen molar-refractivity contribution >= 4 is 18.4 Å². The van der Waals surface area contributed by atoms with Crippen LogP contribution in [0.15, 0.2) is 0 Å². The number of hydrogen-bond donors (Lipinski definition) is 3. The van der Waals surface area contributed by atoms with Gasteiger partial charge in [-0.15, -0.1) is 0 Å². The number of carbonyl (C=O) groups excluding carboxylic acids is 3. The molecule has 0 heterocycles.